The van der Waals surface area contributed by atoms with E-state index in [0.717, 1.165) is 5.56 Å². The SMILES string of the molecule is Nc1ncc(O)c(C#Cc2ccccc2)n1. The molecule has 0 saturated carbocycles. The monoisotopic (exact) mass is 211 g/mol. The van der Waals surface area contributed by atoms with Crippen LogP contribution in [0.2, 0.25) is 0 Å². The fourth-order valence-corrected chi connectivity index (χ4v) is 1.13. The molecular formula is C12H9N3O. The van der Waals surface area contributed by atoms with Crippen LogP contribution in [0, 0.1) is 11.8 Å². The van der Waals surface area contributed by atoms with Gasteiger partial charge in [0.2, 0.25) is 5.95 Å². The van der Waals surface area contributed by atoms with E-state index in [-0.39, 0.29) is 17.4 Å². The summed E-state index contributed by atoms with van der Waals surface area (Å²) in [5.74, 6) is 5.63. The Morgan fingerprint density at radius 1 is 1.12 bits per heavy atom. The highest BCUT2D eigenvalue weighted by Gasteiger charge is 2.00. The van der Waals surface area contributed by atoms with Crippen LogP contribution in [0.3, 0.4) is 0 Å². The zero-order chi connectivity index (χ0) is 11.4. The van der Waals surface area contributed by atoms with E-state index in [1.54, 1.807) is 0 Å². The second-order valence-corrected chi connectivity index (χ2v) is 3.08. The van der Waals surface area contributed by atoms with Gasteiger partial charge in [-0.1, -0.05) is 24.1 Å². The lowest BCUT2D eigenvalue weighted by molar-refractivity contribution is 0.468. The predicted octanol–water partition coefficient (Wildman–Crippen LogP) is 1.16. The highest BCUT2D eigenvalue weighted by atomic mass is 16.3. The fraction of sp³-hybridized carbons (Fsp3) is 0. The molecule has 0 saturated heterocycles. The Kier molecular flexibility index (Phi) is 2.70. The maximum Gasteiger partial charge on any atom is 0.221 e. The predicted molar refractivity (Wildman–Crippen MR) is 60.5 cm³/mol. The number of hydrogen-bond donors (Lipinski definition) is 2. The van der Waals surface area contributed by atoms with Crippen LogP contribution in [-0.2, 0) is 0 Å². The number of anilines is 1. The lowest BCUT2D eigenvalue weighted by atomic mass is 10.2. The molecule has 4 nitrogen and oxygen atoms in total. The van der Waals surface area contributed by atoms with Gasteiger partial charge in [-0.05, 0) is 18.1 Å². The van der Waals surface area contributed by atoms with Crippen molar-refractivity contribution >= 4 is 5.95 Å². The quantitative estimate of drug-likeness (QED) is 0.641. The second-order valence-electron chi connectivity index (χ2n) is 3.08. The van der Waals surface area contributed by atoms with Gasteiger partial charge < -0.3 is 10.8 Å². The normalized spacial score (nSPS) is 9.25. The van der Waals surface area contributed by atoms with Gasteiger partial charge in [0, 0.05) is 5.56 Å². The molecule has 0 unspecified atom stereocenters. The summed E-state index contributed by atoms with van der Waals surface area (Å²) >= 11 is 0. The molecule has 2 rings (SSSR count). The van der Waals surface area contributed by atoms with Crippen molar-refractivity contribution in [3.05, 3.63) is 47.8 Å². The Morgan fingerprint density at radius 2 is 1.88 bits per heavy atom. The summed E-state index contributed by atoms with van der Waals surface area (Å²) < 4.78 is 0. The molecule has 0 amide bonds. The number of benzene rings is 1. The van der Waals surface area contributed by atoms with E-state index in [1.165, 1.54) is 6.20 Å². The van der Waals surface area contributed by atoms with E-state index in [0.29, 0.717) is 0 Å². The van der Waals surface area contributed by atoms with Crippen molar-refractivity contribution < 1.29 is 5.11 Å². The van der Waals surface area contributed by atoms with Gasteiger partial charge in [-0.3, -0.25) is 0 Å². The van der Waals surface area contributed by atoms with Gasteiger partial charge in [0.15, 0.2) is 11.4 Å². The van der Waals surface area contributed by atoms with Crippen molar-refractivity contribution in [2.24, 2.45) is 0 Å². The van der Waals surface area contributed by atoms with E-state index >= 15 is 0 Å². The number of nitrogens with two attached hydrogens (primary N) is 1. The van der Waals surface area contributed by atoms with E-state index in [9.17, 15) is 5.11 Å². The average molecular weight is 211 g/mol. The molecule has 0 bridgehead atoms. The van der Waals surface area contributed by atoms with Gasteiger partial charge >= 0.3 is 0 Å². The molecule has 0 aliphatic carbocycles. The van der Waals surface area contributed by atoms with Crippen LogP contribution >= 0.6 is 0 Å². The van der Waals surface area contributed by atoms with Crippen LogP contribution in [0.25, 0.3) is 0 Å². The average Bonchev–Trinajstić information content (AvgIpc) is 2.32. The standard InChI is InChI=1S/C12H9N3O/c13-12-14-8-11(16)10(15-12)7-6-9-4-2-1-3-5-9/h1-5,8,16H,(H2,13,14,15). The van der Waals surface area contributed by atoms with Gasteiger partial charge in [0.25, 0.3) is 0 Å². The van der Waals surface area contributed by atoms with Crippen LogP contribution in [0.5, 0.6) is 5.75 Å². The minimum Gasteiger partial charge on any atom is -0.504 e. The first-order chi connectivity index (χ1) is 7.75. The van der Waals surface area contributed by atoms with E-state index in [4.69, 9.17) is 5.73 Å². The van der Waals surface area contributed by atoms with Gasteiger partial charge in [-0.25, -0.2) is 9.97 Å². The van der Waals surface area contributed by atoms with Crippen molar-refractivity contribution in [3.63, 3.8) is 0 Å². The van der Waals surface area contributed by atoms with Gasteiger partial charge in [0.05, 0.1) is 6.20 Å². The molecule has 1 heterocycles. The van der Waals surface area contributed by atoms with Crippen molar-refractivity contribution in [2.45, 2.75) is 0 Å². The molecule has 0 fully saturated rings. The molecule has 0 spiro atoms. The van der Waals surface area contributed by atoms with Crippen LogP contribution in [0.15, 0.2) is 36.5 Å². The third-order valence-corrected chi connectivity index (χ3v) is 1.89. The first kappa shape index (κ1) is 9.99. The fourth-order valence-electron chi connectivity index (χ4n) is 1.13. The number of hydrogen-bond acceptors (Lipinski definition) is 4. The van der Waals surface area contributed by atoms with Crippen molar-refractivity contribution in [1.82, 2.24) is 9.97 Å². The van der Waals surface area contributed by atoms with Gasteiger partial charge in [-0.15, -0.1) is 0 Å². The molecule has 16 heavy (non-hydrogen) atoms. The van der Waals surface area contributed by atoms with Crippen molar-refractivity contribution in [3.8, 4) is 17.6 Å². The maximum atomic E-state index is 9.43. The lowest BCUT2D eigenvalue weighted by Crippen LogP contribution is -1.96. The molecule has 1 aromatic carbocycles. The summed E-state index contributed by atoms with van der Waals surface area (Å²) in [5.41, 5.74) is 6.47. The molecule has 0 radical (unpaired) electrons. The Bertz CT molecular complexity index is 555. The van der Waals surface area contributed by atoms with Crippen LogP contribution in [0.1, 0.15) is 11.3 Å². The molecule has 3 N–H and O–H groups in total. The summed E-state index contributed by atoms with van der Waals surface area (Å²) in [6.45, 7) is 0. The van der Waals surface area contributed by atoms with E-state index < -0.39 is 0 Å². The smallest absolute Gasteiger partial charge is 0.221 e. The zero-order valence-electron chi connectivity index (χ0n) is 8.38. The first-order valence-electron chi connectivity index (χ1n) is 4.64. The molecule has 0 aliphatic heterocycles. The minimum atomic E-state index is -0.0716. The number of aromatic hydroxyl groups is 1. The van der Waals surface area contributed by atoms with Gasteiger partial charge in [-0.2, -0.15) is 0 Å². The van der Waals surface area contributed by atoms with E-state index in [2.05, 4.69) is 21.8 Å². The van der Waals surface area contributed by atoms with Crippen LogP contribution in [0.4, 0.5) is 5.95 Å². The molecular weight excluding hydrogens is 202 g/mol. The van der Waals surface area contributed by atoms with Crippen LogP contribution in [-0.4, -0.2) is 15.1 Å². The number of nitrogens with zero attached hydrogens (tertiary/aromatic N) is 2. The van der Waals surface area contributed by atoms with Gasteiger partial charge in [0.1, 0.15) is 0 Å². The number of rotatable bonds is 0. The molecule has 2 aromatic rings. The summed E-state index contributed by atoms with van der Waals surface area (Å²) in [6, 6.07) is 9.42. The molecule has 4 heteroatoms. The third-order valence-electron chi connectivity index (χ3n) is 1.89. The van der Waals surface area contributed by atoms with E-state index in [1.807, 2.05) is 30.3 Å². The molecule has 1 aromatic heterocycles. The summed E-state index contributed by atoms with van der Waals surface area (Å²) in [4.78, 5) is 7.47. The summed E-state index contributed by atoms with van der Waals surface area (Å²) in [5, 5.41) is 9.43. The molecule has 78 valence electrons. The topological polar surface area (TPSA) is 72.0 Å². The maximum absolute atomic E-state index is 9.43. The van der Waals surface area contributed by atoms with Crippen LogP contribution < -0.4 is 5.73 Å². The largest absolute Gasteiger partial charge is 0.504 e. The second kappa shape index (κ2) is 4.32. The van der Waals surface area contributed by atoms with Crippen molar-refractivity contribution in [2.75, 3.05) is 5.73 Å². The third kappa shape index (κ3) is 2.28. The van der Waals surface area contributed by atoms with Crippen molar-refractivity contribution in [1.29, 1.82) is 0 Å². The Morgan fingerprint density at radius 3 is 2.62 bits per heavy atom. The summed E-state index contributed by atoms with van der Waals surface area (Å²) in [7, 11) is 0. The molecule has 0 atom stereocenters. The zero-order valence-corrected chi connectivity index (χ0v) is 8.38. The number of nitrogen functional groups attached to an aromatic ring is 1. The molecule has 0 aliphatic rings. The highest BCUT2D eigenvalue weighted by molar-refractivity contribution is 5.45. The Balaban J connectivity index is 2.34. The minimum absolute atomic E-state index is 0.0716. The Labute approximate surface area is 92.8 Å². The Hall–Kier alpha value is -2.54. The first-order valence-corrected chi connectivity index (χ1v) is 4.64. The lowest BCUT2D eigenvalue weighted by Gasteiger charge is -1.95. The summed E-state index contributed by atoms with van der Waals surface area (Å²) in [6.07, 6.45) is 1.23. The highest BCUT2D eigenvalue weighted by Crippen LogP contribution is 2.11. The number of aromatic nitrogens is 2.